The summed E-state index contributed by atoms with van der Waals surface area (Å²) < 4.78 is 32.5. The summed E-state index contributed by atoms with van der Waals surface area (Å²) in [6.45, 7) is 1.45. The van der Waals surface area contributed by atoms with Gasteiger partial charge in [-0.1, -0.05) is 0 Å². The monoisotopic (exact) mass is 375 g/mol. The van der Waals surface area contributed by atoms with Crippen LogP contribution in [0.4, 0.5) is 5.69 Å². The summed E-state index contributed by atoms with van der Waals surface area (Å²) in [7, 11) is -2.08. The summed E-state index contributed by atoms with van der Waals surface area (Å²) in [5.41, 5.74) is 0.378. The van der Waals surface area contributed by atoms with Crippen LogP contribution in [0.15, 0.2) is 23.1 Å². The minimum atomic E-state index is -3.57. The highest BCUT2D eigenvalue weighted by Gasteiger charge is 2.29. The van der Waals surface area contributed by atoms with Crippen LogP contribution in [0.5, 0.6) is 5.75 Å². The predicted molar refractivity (Wildman–Crippen MR) is 93.2 cm³/mol. The Labute approximate surface area is 148 Å². The van der Waals surface area contributed by atoms with Gasteiger partial charge in [0.25, 0.3) is 0 Å². The number of anilines is 1. The van der Waals surface area contributed by atoms with Crippen molar-refractivity contribution in [3.05, 3.63) is 18.2 Å². The third-order valence-corrected chi connectivity index (χ3v) is 5.59. The first kappa shape index (κ1) is 19.0. The summed E-state index contributed by atoms with van der Waals surface area (Å²) in [6, 6.07) is 4.52. The number of hydrogen-bond donors (Lipinski definition) is 3. The van der Waals surface area contributed by atoms with E-state index in [4.69, 9.17) is 4.74 Å². The molecule has 0 radical (unpaired) electrons. The zero-order valence-electron chi connectivity index (χ0n) is 13.4. The molecule has 1 amide bonds. The van der Waals surface area contributed by atoms with Crippen molar-refractivity contribution in [1.29, 1.82) is 0 Å². The minimum absolute atomic E-state index is 0. The van der Waals surface area contributed by atoms with Gasteiger partial charge in [-0.15, -0.1) is 12.4 Å². The standard InChI is InChI=1S/C15H21N3O4S.ClH/c1-22-14-5-4-12(23(20,21)18-11-2-3-11)8-13(14)17-15(19)10-6-7-16-9-10;/h4-5,8,10-11,16,18H,2-3,6-7,9H2,1H3,(H,17,19);1H. The molecule has 1 unspecified atom stereocenters. The first-order valence-corrected chi connectivity index (χ1v) is 9.20. The lowest BCUT2D eigenvalue weighted by atomic mass is 10.1. The first-order chi connectivity index (χ1) is 11.0. The highest BCUT2D eigenvalue weighted by molar-refractivity contribution is 7.89. The quantitative estimate of drug-likeness (QED) is 0.692. The summed E-state index contributed by atoms with van der Waals surface area (Å²) in [5.74, 6) is 0.206. The van der Waals surface area contributed by atoms with Gasteiger partial charge < -0.3 is 15.4 Å². The predicted octanol–water partition coefficient (Wildman–Crippen LogP) is 1.11. The molecule has 1 saturated carbocycles. The molecule has 9 heteroatoms. The van der Waals surface area contributed by atoms with E-state index in [9.17, 15) is 13.2 Å². The van der Waals surface area contributed by atoms with Gasteiger partial charge >= 0.3 is 0 Å². The first-order valence-electron chi connectivity index (χ1n) is 7.71. The number of halogens is 1. The number of amides is 1. The van der Waals surface area contributed by atoms with E-state index in [2.05, 4.69) is 15.4 Å². The molecule has 1 aromatic rings. The average molecular weight is 376 g/mol. The fourth-order valence-corrected chi connectivity index (χ4v) is 3.88. The van der Waals surface area contributed by atoms with Crippen LogP contribution < -0.4 is 20.1 Å². The third kappa shape index (κ3) is 4.38. The normalized spacial score (nSPS) is 20.3. The van der Waals surface area contributed by atoms with Crippen LogP contribution in [-0.4, -0.2) is 40.6 Å². The maximum atomic E-state index is 12.3. The van der Waals surface area contributed by atoms with Crippen molar-refractivity contribution < 1.29 is 17.9 Å². The topological polar surface area (TPSA) is 96.5 Å². The van der Waals surface area contributed by atoms with E-state index >= 15 is 0 Å². The molecular formula is C15H22ClN3O4S. The maximum Gasteiger partial charge on any atom is 0.240 e. The number of benzene rings is 1. The minimum Gasteiger partial charge on any atom is -0.495 e. The zero-order valence-corrected chi connectivity index (χ0v) is 15.0. The van der Waals surface area contributed by atoms with Gasteiger partial charge in [0.1, 0.15) is 5.75 Å². The fourth-order valence-electron chi connectivity index (χ4n) is 2.55. The molecule has 2 fully saturated rings. The SMILES string of the molecule is COc1ccc(S(=O)(=O)NC2CC2)cc1NC(=O)C1CCNC1.Cl. The highest BCUT2D eigenvalue weighted by Crippen LogP contribution is 2.29. The maximum absolute atomic E-state index is 12.3. The number of carbonyl (C=O) groups is 1. The second-order valence-electron chi connectivity index (χ2n) is 5.94. The van der Waals surface area contributed by atoms with Gasteiger partial charge in [0.05, 0.1) is 23.6 Å². The molecule has 0 bridgehead atoms. The van der Waals surface area contributed by atoms with Crippen molar-refractivity contribution in [2.45, 2.75) is 30.2 Å². The van der Waals surface area contributed by atoms with E-state index in [1.54, 1.807) is 6.07 Å². The van der Waals surface area contributed by atoms with E-state index in [-0.39, 0.29) is 35.2 Å². The number of hydrogen-bond acceptors (Lipinski definition) is 5. The lowest BCUT2D eigenvalue weighted by molar-refractivity contribution is -0.119. The molecule has 1 atom stereocenters. The zero-order chi connectivity index (χ0) is 16.4. The molecule has 0 spiro atoms. The Morgan fingerprint density at radius 2 is 2.04 bits per heavy atom. The summed E-state index contributed by atoms with van der Waals surface area (Å²) in [4.78, 5) is 12.4. The van der Waals surface area contributed by atoms with Crippen molar-refractivity contribution in [1.82, 2.24) is 10.0 Å². The van der Waals surface area contributed by atoms with Gasteiger partial charge in [-0.2, -0.15) is 0 Å². The summed E-state index contributed by atoms with van der Waals surface area (Å²) in [6.07, 6.45) is 2.51. The third-order valence-electron chi connectivity index (χ3n) is 4.07. The molecule has 1 heterocycles. The Morgan fingerprint density at radius 1 is 1.29 bits per heavy atom. The number of nitrogens with one attached hydrogen (secondary N) is 3. The largest absolute Gasteiger partial charge is 0.495 e. The van der Waals surface area contributed by atoms with E-state index in [0.717, 1.165) is 25.8 Å². The highest BCUT2D eigenvalue weighted by atomic mass is 35.5. The van der Waals surface area contributed by atoms with E-state index in [1.165, 1.54) is 19.2 Å². The van der Waals surface area contributed by atoms with Crippen LogP contribution in [0.2, 0.25) is 0 Å². The van der Waals surface area contributed by atoms with Gasteiger partial charge in [-0.25, -0.2) is 13.1 Å². The Hall–Kier alpha value is -1.35. The fraction of sp³-hybridized carbons (Fsp3) is 0.533. The van der Waals surface area contributed by atoms with Gasteiger partial charge in [0.15, 0.2) is 0 Å². The number of rotatable bonds is 6. The van der Waals surface area contributed by atoms with Crippen LogP contribution in [0.25, 0.3) is 0 Å². The molecular weight excluding hydrogens is 354 g/mol. The molecule has 7 nitrogen and oxygen atoms in total. The van der Waals surface area contributed by atoms with Crippen LogP contribution in [0, 0.1) is 5.92 Å². The second kappa shape index (κ2) is 7.69. The average Bonchev–Trinajstić information content (AvgIpc) is 3.15. The van der Waals surface area contributed by atoms with Gasteiger partial charge in [-0.3, -0.25) is 4.79 Å². The van der Waals surface area contributed by atoms with Crippen molar-refractivity contribution in [2.24, 2.45) is 5.92 Å². The smallest absolute Gasteiger partial charge is 0.240 e. The lowest BCUT2D eigenvalue weighted by Crippen LogP contribution is -2.27. The van der Waals surface area contributed by atoms with Crippen molar-refractivity contribution in [2.75, 3.05) is 25.5 Å². The Bertz CT molecular complexity index is 701. The second-order valence-corrected chi connectivity index (χ2v) is 7.65. The van der Waals surface area contributed by atoms with Gasteiger partial charge in [0, 0.05) is 12.6 Å². The van der Waals surface area contributed by atoms with Gasteiger partial charge in [0.2, 0.25) is 15.9 Å². The van der Waals surface area contributed by atoms with E-state index in [0.29, 0.717) is 18.0 Å². The van der Waals surface area contributed by atoms with Crippen molar-refractivity contribution >= 4 is 34.0 Å². The molecule has 3 rings (SSSR count). The Morgan fingerprint density at radius 3 is 2.62 bits per heavy atom. The molecule has 1 saturated heterocycles. The van der Waals surface area contributed by atoms with Crippen LogP contribution in [-0.2, 0) is 14.8 Å². The molecule has 3 N–H and O–H groups in total. The molecule has 2 aliphatic rings. The van der Waals surface area contributed by atoms with Gasteiger partial charge in [-0.05, 0) is 44.0 Å². The van der Waals surface area contributed by atoms with Crippen molar-refractivity contribution in [3.8, 4) is 5.75 Å². The van der Waals surface area contributed by atoms with E-state index < -0.39 is 10.0 Å². The summed E-state index contributed by atoms with van der Waals surface area (Å²) >= 11 is 0. The van der Waals surface area contributed by atoms with E-state index in [1.807, 2.05) is 0 Å². The number of ether oxygens (including phenoxy) is 1. The lowest BCUT2D eigenvalue weighted by Gasteiger charge is -2.15. The molecule has 1 aromatic carbocycles. The van der Waals surface area contributed by atoms with Crippen LogP contribution >= 0.6 is 12.4 Å². The van der Waals surface area contributed by atoms with Crippen molar-refractivity contribution in [3.63, 3.8) is 0 Å². The molecule has 0 aromatic heterocycles. The number of methoxy groups -OCH3 is 1. The molecule has 134 valence electrons. The number of carbonyl (C=O) groups excluding carboxylic acids is 1. The Balaban J connectivity index is 0.00000208. The molecule has 24 heavy (non-hydrogen) atoms. The Kier molecular flexibility index (Phi) is 6.08. The molecule has 1 aliphatic heterocycles. The summed E-state index contributed by atoms with van der Waals surface area (Å²) in [5, 5.41) is 5.92. The van der Waals surface area contributed by atoms with Crippen LogP contribution in [0.1, 0.15) is 19.3 Å². The number of sulfonamides is 1. The van der Waals surface area contributed by atoms with Crippen LogP contribution in [0.3, 0.4) is 0 Å². The molecule has 1 aliphatic carbocycles.